The lowest BCUT2D eigenvalue weighted by Gasteiger charge is -2.06. The number of halogens is 2. The highest BCUT2D eigenvalue weighted by Crippen LogP contribution is 2.32. The maximum Gasteiger partial charge on any atom is 0.260 e. The number of carbonyl (C=O) groups is 1. The fraction of sp³-hybridized carbons (Fsp3) is 0.333. The molecule has 0 aliphatic heterocycles. The molecular formula is C12H12Br2N4OS. The Labute approximate surface area is 137 Å². The standard InChI is InChI=1S/C12H12Br2N4OS/c1-3-7-8(4-2)17-18-12(15-7)16-11(19)6-5-9(13)20-10(6)14/h5H,3-4H2,1-2H3,(H,15,16,18,19). The van der Waals surface area contributed by atoms with Crippen molar-refractivity contribution < 1.29 is 4.79 Å². The van der Waals surface area contributed by atoms with Crippen LogP contribution in [0.5, 0.6) is 0 Å². The van der Waals surface area contributed by atoms with Crippen LogP contribution in [0, 0.1) is 0 Å². The Kier molecular flexibility index (Phi) is 5.22. The molecule has 0 bridgehead atoms. The van der Waals surface area contributed by atoms with Gasteiger partial charge in [-0.15, -0.1) is 21.5 Å². The topological polar surface area (TPSA) is 67.8 Å². The second-order valence-corrected chi connectivity index (χ2v) is 7.68. The third-order valence-corrected chi connectivity index (χ3v) is 4.98. The van der Waals surface area contributed by atoms with Gasteiger partial charge in [0.05, 0.1) is 24.5 Å². The first-order chi connectivity index (χ1) is 9.55. The number of carbonyl (C=O) groups excluding carboxylic acids is 1. The maximum atomic E-state index is 12.1. The van der Waals surface area contributed by atoms with Crippen LogP contribution in [0.2, 0.25) is 0 Å². The van der Waals surface area contributed by atoms with Gasteiger partial charge in [0.2, 0.25) is 5.95 Å². The number of anilines is 1. The van der Waals surface area contributed by atoms with Crippen LogP contribution in [-0.2, 0) is 12.8 Å². The van der Waals surface area contributed by atoms with Crippen molar-refractivity contribution in [3.8, 4) is 0 Å². The number of aromatic nitrogens is 3. The van der Waals surface area contributed by atoms with Crippen molar-refractivity contribution in [1.29, 1.82) is 0 Å². The number of nitrogens with zero attached hydrogens (tertiary/aromatic N) is 3. The minimum Gasteiger partial charge on any atom is -0.289 e. The molecule has 0 spiro atoms. The van der Waals surface area contributed by atoms with Crippen LogP contribution in [0.15, 0.2) is 13.6 Å². The van der Waals surface area contributed by atoms with E-state index in [-0.39, 0.29) is 11.9 Å². The molecule has 2 rings (SSSR count). The van der Waals surface area contributed by atoms with Gasteiger partial charge in [-0.05, 0) is 50.8 Å². The van der Waals surface area contributed by atoms with Crippen molar-refractivity contribution in [2.45, 2.75) is 26.7 Å². The number of aryl methyl sites for hydroxylation is 2. The van der Waals surface area contributed by atoms with Gasteiger partial charge < -0.3 is 0 Å². The molecule has 0 saturated carbocycles. The molecule has 8 heteroatoms. The lowest BCUT2D eigenvalue weighted by molar-refractivity contribution is 0.102. The largest absolute Gasteiger partial charge is 0.289 e. The monoisotopic (exact) mass is 418 g/mol. The van der Waals surface area contributed by atoms with Gasteiger partial charge in [-0.1, -0.05) is 13.8 Å². The summed E-state index contributed by atoms with van der Waals surface area (Å²) in [5.41, 5.74) is 2.27. The number of nitrogens with one attached hydrogen (secondary N) is 1. The van der Waals surface area contributed by atoms with Crippen LogP contribution in [0.3, 0.4) is 0 Å². The van der Waals surface area contributed by atoms with E-state index in [0.29, 0.717) is 5.56 Å². The molecule has 2 aromatic heterocycles. The molecule has 1 amide bonds. The summed E-state index contributed by atoms with van der Waals surface area (Å²) in [6, 6.07) is 1.75. The predicted molar refractivity (Wildman–Crippen MR) is 86.3 cm³/mol. The predicted octanol–water partition coefficient (Wildman–Crippen LogP) is 3.84. The van der Waals surface area contributed by atoms with Gasteiger partial charge in [-0.25, -0.2) is 4.98 Å². The van der Waals surface area contributed by atoms with E-state index in [9.17, 15) is 4.79 Å². The third-order valence-electron chi connectivity index (χ3n) is 2.64. The molecule has 0 aliphatic rings. The Balaban J connectivity index is 2.22. The van der Waals surface area contributed by atoms with E-state index in [1.807, 2.05) is 13.8 Å². The van der Waals surface area contributed by atoms with Gasteiger partial charge in [0.15, 0.2) is 0 Å². The summed E-state index contributed by atoms with van der Waals surface area (Å²) in [6.45, 7) is 4.00. The van der Waals surface area contributed by atoms with Crippen LogP contribution in [-0.4, -0.2) is 21.1 Å². The van der Waals surface area contributed by atoms with Crippen LogP contribution in [0.1, 0.15) is 35.6 Å². The summed E-state index contributed by atoms with van der Waals surface area (Å²) >= 11 is 8.13. The highest BCUT2D eigenvalue weighted by Gasteiger charge is 2.16. The van der Waals surface area contributed by atoms with Crippen molar-refractivity contribution >= 4 is 55.1 Å². The zero-order valence-corrected chi connectivity index (χ0v) is 14.9. The second kappa shape index (κ2) is 6.73. The Morgan fingerprint density at radius 1 is 1.25 bits per heavy atom. The first-order valence-electron chi connectivity index (χ1n) is 6.03. The van der Waals surface area contributed by atoms with Crippen molar-refractivity contribution in [1.82, 2.24) is 15.2 Å². The third kappa shape index (κ3) is 3.42. The van der Waals surface area contributed by atoms with Gasteiger partial charge in [0, 0.05) is 0 Å². The first kappa shape index (κ1) is 15.5. The van der Waals surface area contributed by atoms with Crippen LogP contribution in [0.4, 0.5) is 5.95 Å². The minimum atomic E-state index is -0.257. The maximum absolute atomic E-state index is 12.1. The molecule has 2 heterocycles. The highest BCUT2D eigenvalue weighted by atomic mass is 79.9. The SMILES string of the molecule is CCc1nnc(NC(=O)c2cc(Br)sc2Br)nc1CC. The first-order valence-corrected chi connectivity index (χ1v) is 8.44. The van der Waals surface area contributed by atoms with Crippen LogP contribution < -0.4 is 5.32 Å². The molecule has 0 aliphatic carbocycles. The molecule has 2 aromatic rings. The number of thiophene rings is 1. The summed E-state index contributed by atoms with van der Waals surface area (Å²) in [4.78, 5) is 16.5. The van der Waals surface area contributed by atoms with Crippen molar-refractivity contribution in [2.75, 3.05) is 5.32 Å². The molecule has 5 nitrogen and oxygen atoms in total. The fourth-order valence-electron chi connectivity index (χ4n) is 1.65. The van der Waals surface area contributed by atoms with E-state index in [1.54, 1.807) is 6.07 Å². The van der Waals surface area contributed by atoms with E-state index < -0.39 is 0 Å². The highest BCUT2D eigenvalue weighted by molar-refractivity contribution is 9.12. The normalized spacial score (nSPS) is 10.6. The van der Waals surface area contributed by atoms with Crippen LogP contribution >= 0.6 is 43.2 Å². The smallest absolute Gasteiger partial charge is 0.260 e. The summed E-state index contributed by atoms with van der Waals surface area (Å²) in [5.74, 6) is -0.0230. The molecule has 0 unspecified atom stereocenters. The second-order valence-electron chi connectivity index (χ2n) is 3.93. The van der Waals surface area contributed by atoms with Gasteiger partial charge in [0.25, 0.3) is 5.91 Å². The van der Waals surface area contributed by atoms with Crippen LogP contribution in [0.25, 0.3) is 0 Å². The Morgan fingerprint density at radius 3 is 2.50 bits per heavy atom. The zero-order chi connectivity index (χ0) is 14.7. The summed E-state index contributed by atoms with van der Waals surface area (Å²) in [6.07, 6.45) is 1.54. The Hall–Kier alpha value is -0.860. The molecule has 106 valence electrons. The lowest BCUT2D eigenvalue weighted by Crippen LogP contribution is -2.16. The average Bonchev–Trinajstić information content (AvgIpc) is 2.77. The average molecular weight is 420 g/mol. The molecule has 0 saturated heterocycles. The number of hydrogen-bond acceptors (Lipinski definition) is 5. The van der Waals surface area contributed by atoms with Gasteiger partial charge in [-0.3, -0.25) is 10.1 Å². The minimum absolute atomic E-state index is 0.235. The zero-order valence-electron chi connectivity index (χ0n) is 10.9. The van der Waals surface area contributed by atoms with E-state index >= 15 is 0 Å². The Morgan fingerprint density at radius 2 is 1.95 bits per heavy atom. The van der Waals surface area contributed by atoms with E-state index in [1.165, 1.54) is 11.3 Å². The number of amides is 1. The Bertz CT molecular complexity index is 644. The number of hydrogen-bond donors (Lipinski definition) is 1. The van der Waals surface area contributed by atoms with Gasteiger partial charge in [0.1, 0.15) is 0 Å². The molecule has 0 fully saturated rings. The van der Waals surface area contributed by atoms with Gasteiger partial charge >= 0.3 is 0 Å². The van der Waals surface area contributed by atoms with Crippen molar-refractivity contribution in [3.63, 3.8) is 0 Å². The van der Waals surface area contributed by atoms with E-state index in [2.05, 4.69) is 52.4 Å². The molecular weight excluding hydrogens is 408 g/mol. The van der Waals surface area contributed by atoms with Crippen molar-refractivity contribution in [2.24, 2.45) is 0 Å². The van der Waals surface area contributed by atoms with Gasteiger partial charge in [-0.2, -0.15) is 0 Å². The summed E-state index contributed by atoms with van der Waals surface area (Å²) in [7, 11) is 0. The number of rotatable bonds is 4. The summed E-state index contributed by atoms with van der Waals surface area (Å²) in [5, 5.41) is 10.7. The van der Waals surface area contributed by atoms with E-state index in [4.69, 9.17) is 0 Å². The summed E-state index contributed by atoms with van der Waals surface area (Å²) < 4.78 is 1.64. The molecule has 1 N–H and O–H groups in total. The molecule has 0 atom stereocenters. The fourth-order valence-corrected chi connectivity index (χ4v) is 4.45. The molecule has 0 aromatic carbocycles. The molecule has 20 heavy (non-hydrogen) atoms. The lowest BCUT2D eigenvalue weighted by atomic mass is 10.2. The molecule has 0 radical (unpaired) electrons. The quantitative estimate of drug-likeness (QED) is 0.817. The van der Waals surface area contributed by atoms with E-state index in [0.717, 1.165) is 31.8 Å². The van der Waals surface area contributed by atoms with Crippen molar-refractivity contribution in [3.05, 3.63) is 30.6 Å².